The van der Waals surface area contributed by atoms with Crippen molar-refractivity contribution < 1.29 is 23.5 Å². The van der Waals surface area contributed by atoms with Crippen LogP contribution < -0.4 is 20.5 Å². The van der Waals surface area contributed by atoms with Crippen LogP contribution in [0.3, 0.4) is 0 Å². The second-order valence-electron chi connectivity index (χ2n) is 5.77. The van der Waals surface area contributed by atoms with Crippen molar-refractivity contribution in [3.63, 3.8) is 0 Å². The van der Waals surface area contributed by atoms with E-state index in [-0.39, 0.29) is 18.2 Å². The molecule has 2 amide bonds. The first-order valence-corrected chi connectivity index (χ1v) is 9.40. The summed E-state index contributed by atoms with van der Waals surface area (Å²) in [5, 5.41) is 11.2. The largest absolute Gasteiger partial charge is 0.497 e. The molecule has 29 heavy (non-hydrogen) atoms. The second kappa shape index (κ2) is 9.15. The van der Waals surface area contributed by atoms with E-state index in [1.165, 1.54) is 25.0 Å². The summed E-state index contributed by atoms with van der Waals surface area (Å²) in [5.41, 5.74) is 5.86. The first-order valence-electron chi connectivity index (χ1n) is 8.41. The predicted octanol–water partition coefficient (Wildman–Crippen LogP) is 1.77. The molecule has 0 atom stereocenters. The van der Waals surface area contributed by atoms with Crippen LogP contribution in [0, 0.1) is 0 Å². The maximum absolute atomic E-state index is 12.4. The Balaban J connectivity index is 1.71. The van der Waals surface area contributed by atoms with Crippen molar-refractivity contribution in [3.8, 4) is 23.1 Å². The van der Waals surface area contributed by atoms with E-state index < -0.39 is 5.91 Å². The van der Waals surface area contributed by atoms with Crippen molar-refractivity contribution in [2.75, 3.05) is 25.3 Å². The molecule has 0 fully saturated rings. The fraction of sp³-hybridized carbons (Fsp3) is 0.222. The lowest BCUT2D eigenvalue weighted by molar-refractivity contribution is -0.118. The Labute approximate surface area is 170 Å². The molecule has 0 unspecified atom stereocenters. The van der Waals surface area contributed by atoms with Gasteiger partial charge in [-0.2, -0.15) is 0 Å². The number of benzene rings is 1. The summed E-state index contributed by atoms with van der Waals surface area (Å²) in [5.74, 6) is 1.10. The zero-order valence-electron chi connectivity index (χ0n) is 15.7. The number of ether oxygens (including phenoxy) is 2. The number of hydrogen-bond donors (Lipinski definition) is 2. The number of carbonyl (C=O) groups excluding carboxylic acids is 2. The summed E-state index contributed by atoms with van der Waals surface area (Å²) >= 11 is 1.12. The van der Waals surface area contributed by atoms with Crippen LogP contribution >= 0.6 is 11.8 Å². The Kier molecular flexibility index (Phi) is 6.39. The summed E-state index contributed by atoms with van der Waals surface area (Å²) in [6.45, 7) is -0.139. The molecule has 2 heterocycles. The van der Waals surface area contributed by atoms with Gasteiger partial charge in [0, 0.05) is 23.9 Å². The van der Waals surface area contributed by atoms with Crippen molar-refractivity contribution in [1.82, 2.24) is 14.8 Å². The van der Waals surface area contributed by atoms with E-state index in [2.05, 4.69) is 15.5 Å². The van der Waals surface area contributed by atoms with Gasteiger partial charge in [0.25, 0.3) is 0 Å². The maximum atomic E-state index is 12.4. The Hall–Kier alpha value is -3.47. The molecule has 3 aromatic rings. The van der Waals surface area contributed by atoms with Gasteiger partial charge in [-0.25, -0.2) is 0 Å². The smallest absolute Gasteiger partial charge is 0.237 e. The van der Waals surface area contributed by atoms with Crippen molar-refractivity contribution in [3.05, 3.63) is 36.6 Å². The zero-order chi connectivity index (χ0) is 20.8. The topological polar surface area (TPSA) is 134 Å². The molecular formula is C18H19N5O5S. The molecule has 3 rings (SSSR count). The maximum Gasteiger partial charge on any atom is 0.237 e. The number of nitrogens with one attached hydrogen (secondary N) is 1. The highest BCUT2D eigenvalue weighted by molar-refractivity contribution is 7.99. The van der Waals surface area contributed by atoms with Crippen LogP contribution in [0.1, 0.15) is 0 Å². The minimum atomic E-state index is -0.563. The molecular weight excluding hydrogens is 398 g/mol. The first kappa shape index (κ1) is 20.3. The predicted molar refractivity (Wildman–Crippen MR) is 106 cm³/mol. The van der Waals surface area contributed by atoms with Gasteiger partial charge in [-0.1, -0.05) is 11.8 Å². The molecule has 0 saturated carbocycles. The van der Waals surface area contributed by atoms with Gasteiger partial charge in [-0.15, -0.1) is 10.2 Å². The summed E-state index contributed by atoms with van der Waals surface area (Å²) in [6.07, 6.45) is 1.49. The number of thioether (sulfide) groups is 1. The average Bonchev–Trinajstić information content (AvgIpc) is 3.35. The monoisotopic (exact) mass is 417 g/mol. The molecule has 0 aliphatic rings. The highest BCUT2D eigenvalue weighted by Crippen LogP contribution is 2.27. The number of hydrogen-bond acceptors (Lipinski definition) is 8. The Morgan fingerprint density at radius 3 is 2.52 bits per heavy atom. The number of furan rings is 1. The van der Waals surface area contributed by atoms with Crippen LogP contribution in [-0.2, 0) is 16.1 Å². The third-order valence-corrected chi connectivity index (χ3v) is 4.71. The summed E-state index contributed by atoms with van der Waals surface area (Å²) in [7, 11) is 3.05. The van der Waals surface area contributed by atoms with E-state index in [4.69, 9.17) is 19.6 Å². The van der Waals surface area contributed by atoms with E-state index in [1.807, 2.05) is 0 Å². The van der Waals surface area contributed by atoms with Gasteiger partial charge in [0.05, 0.1) is 26.2 Å². The molecule has 3 N–H and O–H groups in total. The molecule has 0 saturated heterocycles. The fourth-order valence-corrected chi connectivity index (χ4v) is 3.23. The van der Waals surface area contributed by atoms with Crippen LogP contribution in [0.15, 0.2) is 46.2 Å². The molecule has 0 spiro atoms. The lowest BCUT2D eigenvalue weighted by Crippen LogP contribution is -2.20. The summed E-state index contributed by atoms with van der Waals surface area (Å²) in [6, 6.07) is 8.44. The van der Waals surface area contributed by atoms with Gasteiger partial charge in [-0.3, -0.25) is 14.2 Å². The van der Waals surface area contributed by atoms with Gasteiger partial charge in [0.2, 0.25) is 17.6 Å². The number of nitrogens with two attached hydrogens (primary N) is 1. The van der Waals surface area contributed by atoms with E-state index >= 15 is 0 Å². The Morgan fingerprint density at radius 2 is 1.93 bits per heavy atom. The molecule has 10 nitrogen and oxygen atoms in total. The lowest BCUT2D eigenvalue weighted by Gasteiger charge is -2.10. The number of nitrogens with zero attached hydrogens (tertiary/aromatic N) is 3. The number of amides is 2. The first-order chi connectivity index (χ1) is 14.0. The van der Waals surface area contributed by atoms with Gasteiger partial charge < -0.3 is 24.9 Å². The summed E-state index contributed by atoms with van der Waals surface area (Å²) < 4.78 is 17.2. The van der Waals surface area contributed by atoms with Crippen LogP contribution in [0.2, 0.25) is 0 Å². The van der Waals surface area contributed by atoms with Gasteiger partial charge in [0.15, 0.2) is 10.9 Å². The van der Waals surface area contributed by atoms with Gasteiger partial charge in [-0.05, 0) is 12.1 Å². The van der Waals surface area contributed by atoms with E-state index in [0.717, 1.165) is 11.8 Å². The van der Waals surface area contributed by atoms with E-state index in [9.17, 15) is 9.59 Å². The average molecular weight is 417 g/mol. The Bertz CT molecular complexity index is 980. The van der Waals surface area contributed by atoms with E-state index in [1.54, 1.807) is 30.3 Å². The van der Waals surface area contributed by atoms with Crippen molar-refractivity contribution >= 4 is 29.3 Å². The molecule has 0 radical (unpaired) electrons. The van der Waals surface area contributed by atoms with Crippen molar-refractivity contribution in [2.45, 2.75) is 11.7 Å². The van der Waals surface area contributed by atoms with Crippen LogP contribution in [0.25, 0.3) is 11.6 Å². The van der Waals surface area contributed by atoms with Crippen molar-refractivity contribution in [2.24, 2.45) is 5.73 Å². The van der Waals surface area contributed by atoms with Crippen LogP contribution in [0.4, 0.5) is 5.69 Å². The molecule has 152 valence electrons. The number of carbonyl (C=O) groups is 2. The SMILES string of the molecule is COc1cc(NC(=O)CSc2nnc(-c3ccco3)n2CC(N)=O)cc(OC)c1. The normalized spacial score (nSPS) is 10.6. The number of anilines is 1. The van der Waals surface area contributed by atoms with E-state index in [0.29, 0.717) is 33.9 Å². The number of aromatic nitrogens is 3. The third kappa shape index (κ3) is 5.08. The third-order valence-electron chi connectivity index (χ3n) is 3.74. The molecule has 11 heteroatoms. The Morgan fingerprint density at radius 1 is 1.21 bits per heavy atom. The van der Waals surface area contributed by atoms with Gasteiger partial charge in [0.1, 0.15) is 18.0 Å². The summed E-state index contributed by atoms with van der Waals surface area (Å²) in [4.78, 5) is 23.8. The lowest BCUT2D eigenvalue weighted by atomic mass is 10.2. The molecule has 2 aromatic heterocycles. The highest BCUT2D eigenvalue weighted by atomic mass is 32.2. The molecule has 0 aliphatic carbocycles. The zero-order valence-corrected chi connectivity index (χ0v) is 16.6. The molecule has 1 aromatic carbocycles. The molecule has 0 bridgehead atoms. The van der Waals surface area contributed by atoms with Crippen molar-refractivity contribution in [1.29, 1.82) is 0 Å². The van der Waals surface area contributed by atoms with Gasteiger partial charge >= 0.3 is 0 Å². The molecule has 0 aliphatic heterocycles. The van der Waals surface area contributed by atoms with Crippen LogP contribution in [-0.4, -0.2) is 46.6 Å². The second-order valence-corrected chi connectivity index (χ2v) is 6.72. The standard InChI is InChI=1S/C18H19N5O5S/c1-26-12-6-11(7-13(8-12)27-2)20-16(25)10-29-18-22-21-17(14-4-3-5-28-14)23(18)9-15(19)24/h3-8H,9-10H2,1-2H3,(H2,19,24)(H,20,25). The number of primary amides is 1. The quantitative estimate of drug-likeness (QED) is 0.503. The number of rotatable bonds is 9. The number of methoxy groups -OCH3 is 2. The van der Waals surface area contributed by atoms with Crippen LogP contribution in [0.5, 0.6) is 11.5 Å². The highest BCUT2D eigenvalue weighted by Gasteiger charge is 2.19. The minimum absolute atomic E-state index is 0.0363. The fourth-order valence-electron chi connectivity index (χ4n) is 2.49. The minimum Gasteiger partial charge on any atom is -0.497 e.